The van der Waals surface area contributed by atoms with Crippen LogP contribution in [0.5, 0.6) is 0 Å². The molecule has 0 amide bonds. The van der Waals surface area contributed by atoms with Crippen molar-refractivity contribution in [1.29, 1.82) is 0 Å². The van der Waals surface area contributed by atoms with Gasteiger partial charge in [-0.25, -0.2) is 0 Å². The molecule has 0 saturated carbocycles. The number of hydrogen-bond acceptors (Lipinski definition) is 1. The van der Waals surface area contributed by atoms with Crippen molar-refractivity contribution in [2.45, 2.75) is 6.61 Å². The molecule has 1 radical (unpaired) electrons. The first-order chi connectivity index (χ1) is 4.74. The van der Waals surface area contributed by atoms with Crippen LogP contribution in [0.25, 0.3) is 0 Å². The highest BCUT2D eigenvalue weighted by atomic mass is 79.9. The summed E-state index contributed by atoms with van der Waals surface area (Å²) in [6.45, 7) is 3.85. The molecule has 0 saturated heterocycles. The van der Waals surface area contributed by atoms with Gasteiger partial charge in [0.1, 0.15) is 0 Å². The molecule has 1 aromatic rings. The van der Waals surface area contributed by atoms with Crippen molar-refractivity contribution < 1.29 is 5.11 Å². The van der Waals surface area contributed by atoms with Crippen LogP contribution >= 0.6 is 15.9 Å². The quantitative estimate of drug-likeness (QED) is 0.736. The fourth-order valence-electron chi connectivity index (χ4n) is 0.689. The van der Waals surface area contributed by atoms with Gasteiger partial charge >= 0.3 is 0 Å². The van der Waals surface area contributed by atoms with Crippen molar-refractivity contribution in [3.63, 3.8) is 0 Å². The second-order valence-corrected chi connectivity index (χ2v) is 2.94. The average molecular weight is 200 g/mol. The molecule has 0 aliphatic heterocycles. The maximum atomic E-state index is 8.71. The second kappa shape index (κ2) is 3.17. The summed E-state index contributed by atoms with van der Waals surface area (Å²) in [6.07, 6.45) is 0. The highest BCUT2D eigenvalue weighted by Crippen LogP contribution is 2.16. The average Bonchev–Trinajstić information content (AvgIpc) is 1.95. The molecule has 2 heteroatoms. The van der Waals surface area contributed by atoms with Crippen LogP contribution in [0.3, 0.4) is 0 Å². The Hall–Kier alpha value is -0.340. The number of benzene rings is 1. The van der Waals surface area contributed by atoms with E-state index in [1.807, 2.05) is 18.2 Å². The molecule has 0 aliphatic rings. The Morgan fingerprint density at radius 2 is 2.20 bits per heavy atom. The third-order valence-electron chi connectivity index (χ3n) is 1.30. The minimum absolute atomic E-state index is 0.0822. The summed E-state index contributed by atoms with van der Waals surface area (Å²) in [4.78, 5) is 0. The molecule has 53 valence electrons. The van der Waals surface area contributed by atoms with Gasteiger partial charge in [0.25, 0.3) is 0 Å². The lowest BCUT2D eigenvalue weighted by atomic mass is 10.2. The van der Waals surface area contributed by atoms with Crippen LogP contribution < -0.4 is 0 Å². The number of halogens is 1. The van der Waals surface area contributed by atoms with Crippen molar-refractivity contribution in [3.05, 3.63) is 40.7 Å². The van der Waals surface area contributed by atoms with E-state index in [1.54, 1.807) is 0 Å². The Kier molecular flexibility index (Phi) is 2.46. The van der Waals surface area contributed by atoms with Crippen molar-refractivity contribution in [1.82, 2.24) is 0 Å². The van der Waals surface area contributed by atoms with Gasteiger partial charge < -0.3 is 5.11 Å². The van der Waals surface area contributed by atoms with E-state index in [2.05, 4.69) is 22.9 Å². The molecule has 1 N–H and O–H groups in total. The normalized spacial score (nSPS) is 9.90. The molecule has 0 atom stereocenters. The number of rotatable bonds is 1. The highest BCUT2D eigenvalue weighted by molar-refractivity contribution is 9.10. The predicted molar refractivity (Wildman–Crippen MR) is 44.5 cm³/mol. The maximum absolute atomic E-state index is 8.71. The molecule has 0 bridgehead atoms. The summed E-state index contributed by atoms with van der Waals surface area (Å²) in [5, 5.41) is 8.71. The standard InChI is InChI=1S/C8H8BrO/c1-6-2-3-7(5-10)4-8(6)9/h2-4,10H,1,5H2. The lowest BCUT2D eigenvalue weighted by Gasteiger charge is -1.99. The van der Waals surface area contributed by atoms with Crippen LogP contribution in [0, 0.1) is 6.92 Å². The van der Waals surface area contributed by atoms with Crippen molar-refractivity contribution >= 4 is 15.9 Å². The van der Waals surface area contributed by atoms with E-state index in [1.165, 1.54) is 0 Å². The van der Waals surface area contributed by atoms with Gasteiger partial charge in [0.15, 0.2) is 0 Å². The van der Waals surface area contributed by atoms with Gasteiger partial charge in [-0.15, -0.1) is 0 Å². The van der Waals surface area contributed by atoms with Crippen LogP contribution in [-0.4, -0.2) is 5.11 Å². The molecule has 1 rings (SSSR count). The minimum atomic E-state index is 0.0822. The largest absolute Gasteiger partial charge is 0.392 e. The van der Waals surface area contributed by atoms with E-state index in [9.17, 15) is 0 Å². The van der Waals surface area contributed by atoms with Gasteiger partial charge in [-0.3, -0.25) is 0 Å². The lowest BCUT2D eigenvalue weighted by molar-refractivity contribution is 0.282. The Labute approximate surface area is 68.8 Å². The Morgan fingerprint density at radius 3 is 2.70 bits per heavy atom. The fraction of sp³-hybridized carbons (Fsp3) is 0.125. The van der Waals surface area contributed by atoms with Crippen LogP contribution in [0.2, 0.25) is 0 Å². The lowest BCUT2D eigenvalue weighted by Crippen LogP contribution is -1.83. The molecule has 1 aromatic carbocycles. The fourth-order valence-corrected chi connectivity index (χ4v) is 1.12. The molecule has 0 spiro atoms. The maximum Gasteiger partial charge on any atom is 0.0682 e. The molecule has 0 aliphatic carbocycles. The predicted octanol–water partition coefficient (Wildman–Crippen LogP) is 2.12. The van der Waals surface area contributed by atoms with Gasteiger partial charge in [0.2, 0.25) is 0 Å². The minimum Gasteiger partial charge on any atom is -0.392 e. The van der Waals surface area contributed by atoms with Crippen molar-refractivity contribution in [2.75, 3.05) is 0 Å². The van der Waals surface area contributed by atoms with E-state index in [0.717, 1.165) is 15.6 Å². The first-order valence-corrected chi connectivity index (χ1v) is 3.74. The molecule has 0 unspecified atom stereocenters. The molecular weight excluding hydrogens is 192 g/mol. The molecule has 0 heterocycles. The zero-order valence-corrected chi connectivity index (χ0v) is 7.06. The van der Waals surface area contributed by atoms with Gasteiger partial charge in [0, 0.05) is 4.47 Å². The Balaban J connectivity index is 3.04. The summed E-state index contributed by atoms with van der Waals surface area (Å²) in [5.41, 5.74) is 1.84. The van der Waals surface area contributed by atoms with Gasteiger partial charge in [-0.1, -0.05) is 28.1 Å². The zero-order chi connectivity index (χ0) is 7.56. The summed E-state index contributed by atoms with van der Waals surface area (Å²) in [7, 11) is 0. The van der Waals surface area contributed by atoms with E-state index >= 15 is 0 Å². The van der Waals surface area contributed by atoms with Gasteiger partial charge in [-0.2, -0.15) is 0 Å². The zero-order valence-electron chi connectivity index (χ0n) is 5.47. The van der Waals surface area contributed by atoms with Crippen LogP contribution in [-0.2, 0) is 6.61 Å². The van der Waals surface area contributed by atoms with Crippen molar-refractivity contribution in [2.24, 2.45) is 0 Å². The van der Waals surface area contributed by atoms with Gasteiger partial charge in [0.05, 0.1) is 6.61 Å². The first-order valence-electron chi connectivity index (χ1n) is 2.95. The molecule has 0 fully saturated rings. The molecular formula is C8H8BrO. The van der Waals surface area contributed by atoms with E-state index < -0.39 is 0 Å². The third kappa shape index (κ3) is 1.58. The van der Waals surface area contributed by atoms with Crippen LogP contribution in [0.15, 0.2) is 22.7 Å². The van der Waals surface area contributed by atoms with E-state index in [0.29, 0.717) is 0 Å². The Bertz CT molecular complexity index is 233. The monoisotopic (exact) mass is 199 g/mol. The van der Waals surface area contributed by atoms with Crippen LogP contribution in [0.4, 0.5) is 0 Å². The van der Waals surface area contributed by atoms with E-state index in [4.69, 9.17) is 5.11 Å². The third-order valence-corrected chi connectivity index (χ3v) is 2.04. The van der Waals surface area contributed by atoms with Crippen molar-refractivity contribution in [3.8, 4) is 0 Å². The second-order valence-electron chi connectivity index (χ2n) is 2.08. The SMILES string of the molecule is [CH2]c1ccc(CO)cc1Br. The number of aliphatic hydroxyl groups is 1. The van der Waals surface area contributed by atoms with Crippen LogP contribution in [0.1, 0.15) is 11.1 Å². The highest BCUT2D eigenvalue weighted by Gasteiger charge is 1.94. The van der Waals surface area contributed by atoms with E-state index in [-0.39, 0.29) is 6.61 Å². The molecule has 0 aromatic heterocycles. The number of hydrogen-bond donors (Lipinski definition) is 1. The summed E-state index contributed by atoms with van der Waals surface area (Å²) >= 11 is 3.31. The smallest absolute Gasteiger partial charge is 0.0682 e. The number of aliphatic hydroxyl groups excluding tert-OH is 1. The molecule has 1 nitrogen and oxygen atoms in total. The van der Waals surface area contributed by atoms with Gasteiger partial charge in [-0.05, 0) is 24.1 Å². The first kappa shape index (κ1) is 7.76. The summed E-state index contributed by atoms with van der Waals surface area (Å²) in [5.74, 6) is 0. The summed E-state index contributed by atoms with van der Waals surface area (Å²) < 4.78 is 0.944. The summed E-state index contributed by atoms with van der Waals surface area (Å²) in [6, 6.07) is 5.59. The topological polar surface area (TPSA) is 20.2 Å². The molecule has 10 heavy (non-hydrogen) atoms. The Morgan fingerprint density at radius 1 is 1.50 bits per heavy atom.